The van der Waals surface area contributed by atoms with E-state index in [2.05, 4.69) is 15.5 Å². The van der Waals surface area contributed by atoms with Gasteiger partial charge in [-0.3, -0.25) is 9.59 Å². The van der Waals surface area contributed by atoms with E-state index in [1.165, 1.54) is 0 Å². The van der Waals surface area contributed by atoms with Crippen LogP contribution in [0.3, 0.4) is 0 Å². The van der Waals surface area contributed by atoms with Crippen molar-refractivity contribution in [2.75, 3.05) is 0 Å². The van der Waals surface area contributed by atoms with Crippen LogP contribution in [0.2, 0.25) is 0 Å². The van der Waals surface area contributed by atoms with E-state index in [-0.39, 0.29) is 22.9 Å². The zero-order chi connectivity index (χ0) is 16.3. The highest BCUT2D eigenvalue weighted by Gasteiger charge is 2.32. The number of rotatable bonds is 4. The minimum Gasteiger partial charge on any atom is -0.507 e. The number of carboxylic acid groups (broad SMARTS) is 1. The summed E-state index contributed by atoms with van der Waals surface area (Å²) in [6.45, 7) is 0. The summed E-state index contributed by atoms with van der Waals surface area (Å²) in [7, 11) is 0. The number of carbonyl (C=O) groups excluding carboxylic acids is 1. The molecule has 22 heavy (non-hydrogen) atoms. The summed E-state index contributed by atoms with van der Waals surface area (Å²) in [6.07, 6.45) is 0.782. The Morgan fingerprint density at radius 2 is 1.95 bits per heavy atom. The Balaban J connectivity index is 2.08. The molecule has 1 unspecified atom stereocenters. The molecule has 5 N–H and O–H groups in total. The lowest BCUT2D eigenvalue weighted by Gasteiger charge is -2.01. The number of aliphatic carboxylic acids is 1. The predicted octanol–water partition coefficient (Wildman–Crippen LogP) is 0.200. The number of hydrogen-bond acceptors (Lipinski definition) is 8. The molecule has 10 heteroatoms. The Labute approximate surface area is 128 Å². The number of aromatic hydroxyl groups is 3. The molecule has 116 valence electrons. The lowest BCUT2D eigenvalue weighted by Crippen LogP contribution is -2.26. The van der Waals surface area contributed by atoms with E-state index in [1.54, 1.807) is 0 Å². The van der Waals surface area contributed by atoms with E-state index in [4.69, 9.17) is 5.11 Å². The minimum atomic E-state index is -1.10. The van der Waals surface area contributed by atoms with E-state index >= 15 is 0 Å². The fraction of sp³-hybridized carbons (Fsp3) is 0.167. The van der Waals surface area contributed by atoms with Crippen LogP contribution in [0, 0.1) is 0 Å². The summed E-state index contributed by atoms with van der Waals surface area (Å²) in [5.41, 5.74) is 0.107. The quantitative estimate of drug-likeness (QED) is 0.229. The van der Waals surface area contributed by atoms with Crippen LogP contribution in [0.5, 0.6) is 17.2 Å². The zero-order valence-corrected chi connectivity index (χ0v) is 11.7. The van der Waals surface area contributed by atoms with Crippen molar-refractivity contribution in [3.63, 3.8) is 0 Å². The van der Waals surface area contributed by atoms with E-state index < -0.39 is 28.6 Å². The van der Waals surface area contributed by atoms with Gasteiger partial charge >= 0.3 is 5.97 Å². The van der Waals surface area contributed by atoms with Crippen LogP contribution in [-0.4, -0.2) is 48.9 Å². The number of benzene rings is 1. The maximum Gasteiger partial charge on any atom is 0.305 e. The van der Waals surface area contributed by atoms with E-state index in [1.807, 2.05) is 0 Å². The summed E-state index contributed by atoms with van der Waals surface area (Å²) in [4.78, 5) is 22.0. The summed E-state index contributed by atoms with van der Waals surface area (Å²) in [5.74, 6) is -2.78. The maximum absolute atomic E-state index is 11.5. The number of phenolic OH excluding ortho intramolecular Hbond substituents is 3. The number of phenols is 3. The van der Waals surface area contributed by atoms with Crippen molar-refractivity contribution in [2.24, 2.45) is 10.2 Å². The largest absolute Gasteiger partial charge is 0.507 e. The SMILES string of the molecule is O=C(O)CC1SC(=NN=Cc2cc(O)c(O)cc2O)NC1=O. The topological polar surface area (TPSA) is 152 Å². The zero-order valence-electron chi connectivity index (χ0n) is 10.9. The Morgan fingerprint density at radius 3 is 2.64 bits per heavy atom. The molecule has 1 aromatic carbocycles. The summed E-state index contributed by atoms with van der Waals surface area (Å²) in [6, 6.07) is 2.03. The van der Waals surface area contributed by atoms with E-state index in [0.717, 1.165) is 30.1 Å². The van der Waals surface area contributed by atoms with E-state index in [0.29, 0.717) is 0 Å². The van der Waals surface area contributed by atoms with Gasteiger partial charge in [0.15, 0.2) is 16.7 Å². The predicted molar refractivity (Wildman–Crippen MR) is 78.2 cm³/mol. The lowest BCUT2D eigenvalue weighted by atomic mass is 10.2. The van der Waals surface area contributed by atoms with Gasteiger partial charge in [-0.05, 0) is 6.07 Å². The van der Waals surface area contributed by atoms with Gasteiger partial charge < -0.3 is 25.7 Å². The molecule has 1 fully saturated rings. The van der Waals surface area contributed by atoms with Gasteiger partial charge in [0.1, 0.15) is 11.0 Å². The Bertz CT molecular complexity index is 688. The number of amidine groups is 1. The fourth-order valence-corrected chi connectivity index (χ4v) is 2.49. The summed E-state index contributed by atoms with van der Waals surface area (Å²) < 4.78 is 0. The standard InChI is InChI=1S/C12H11N3O6S/c16-6-2-8(18)7(17)1-5(6)4-13-15-12-14-11(21)9(22-12)3-10(19)20/h1-2,4,9,16-18H,3H2,(H,19,20)(H,14,15,21). The minimum absolute atomic E-state index is 0.107. The third-order valence-corrected chi connectivity index (χ3v) is 3.68. The number of thioether (sulfide) groups is 1. The Morgan fingerprint density at radius 1 is 1.27 bits per heavy atom. The van der Waals surface area contributed by atoms with Crippen LogP contribution < -0.4 is 5.32 Å². The molecule has 0 spiro atoms. The molecule has 0 aliphatic carbocycles. The summed E-state index contributed by atoms with van der Waals surface area (Å²) >= 11 is 0.935. The summed E-state index contributed by atoms with van der Waals surface area (Å²) in [5, 5.41) is 45.7. The molecule has 1 saturated heterocycles. The van der Waals surface area contributed by atoms with Crippen LogP contribution in [0.1, 0.15) is 12.0 Å². The first-order chi connectivity index (χ1) is 10.4. The molecule has 1 amide bonds. The molecule has 0 saturated carbocycles. The number of carbonyl (C=O) groups is 2. The first-order valence-electron chi connectivity index (χ1n) is 5.92. The van der Waals surface area contributed by atoms with Crippen LogP contribution in [-0.2, 0) is 9.59 Å². The molecule has 0 radical (unpaired) electrons. The Hall–Kier alpha value is -2.75. The second-order valence-corrected chi connectivity index (χ2v) is 5.43. The normalized spacial score (nSPS) is 19.7. The molecular weight excluding hydrogens is 314 g/mol. The van der Waals surface area contributed by atoms with Gasteiger partial charge in [0.25, 0.3) is 0 Å². The molecular formula is C12H11N3O6S. The van der Waals surface area contributed by atoms with Crippen molar-refractivity contribution in [3.8, 4) is 17.2 Å². The molecule has 1 aliphatic rings. The highest BCUT2D eigenvalue weighted by atomic mass is 32.2. The smallest absolute Gasteiger partial charge is 0.305 e. The number of amides is 1. The van der Waals surface area contributed by atoms with Crippen LogP contribution in [0.4, 0.5) is 0 Å². The molecule has 0 aromatic heterocycles. The average Bonchev–Trinajstić information content (AvgIpc) is 2.75. The van der Waals surface area contributed by atoms with Crippen molar-refractivity contribution < 1.29 is 30.0 Å². The number of nitrogens with zero attached hydrogens (tertiary/aromatic N) is 2. The monoisotopic (exact) mass is 325 g/mol. The Kier molecular flexibility index (Phi) is 4.51. The van der Waals surface area contributed by atoms with Gasteiger partial charge in [0, 0.05) is 11.6 Å². The van der Waals surface area contributed by atoms with Crippen molar-refractivity contribution >= 4 is 35.0 Å². The molecule has 1 aliphatic heterocycles. The molecule has 1 atom stereocenters. The molecule has 1 aromatic rings. The first kappa shape index (κ1) is 15.6. The van der Waals surface area contributed by atoms with Crippen LogP contribution in [0.15, 0.2) is 22.3 Å². The van der Waals surface area contributed by atoms with Crippen molar-refractivity contribution in [1.82, 2.24) is 5.32 Å². The van der Waals surface area contributed by atoms with Gasteiger partial charge in [-0.1, -0.05) is 11.8 Å². The fourth-order valence-electron chi connectivity index (χ4n) is 1.57. The van der Waals surface area contributed by atoms with Gasteiger partial charge in [-0.15, -0.1) is 5.10 Å². The average molecular weight is 325 g/mol. The molecule has 9 nitrogen and oxygen atoms in total. The third kappa shape index (κ3) is 3.67. The number of nitrogens with one attached hydrogen (secondary N) is 1. The first-order valence-corrected chi connectivity index (χ1v) is 6.80. The highest BCUT2D eigenvalue weighted by molar-refractivity contribution is 8.15. The molecule has 2 rings (SSSR count). The van der Waals surface area contributed by atoms with Crippen molar-refractivity contribution in [2.45, 2.75) is 11.7 Å². The highest BCUT2D eigenvalue weighted by Crippen LogP contribution is 2.31. The van der Waals surface area contributed by atoms with Gasteiger partial charge in [0.2, 0.25) is 5.91 Å². The maximum atomic E-state index is 11.5. The van der Waals surface area contributed by atoms with Crippen LogP contribution >= 0.6 is 11.8 Å². The van der Waals surface area contributed by atoms with Crippen LogP contribution in [0.25, 0.3) is 0 Å². The third-order valence-electron chi connectivity index (χ3n) is 2.61. The van der Waals surface area contributed by atoms with Crippen molar-refractivity contribution in [3.05, 3.63) is 17.7 Å². The van der Waals surface area contributed by atoms with Gasteiger partial charge in [0.05, 0.1) is 12.6 Å². The molecule has 0 bridgehead atoms. The number of hydrogen-bond donors (Lipinski definition) is 5. The van der Waals surface area contributed by atoms with Gasteiger partial charge in [-0.2, -0.15) is 5.10 Å². The molecule has 1 heterocycles. The van der Waals surface area contributed by atoms with Crippen molar-refractivity contribution in [1.29, 1.82) is 0 Å². The van der Waals surface area contributed by atoms with E-state index in [9.17, 15) is 24.9 Å². The van der Waals surface area contributed by atoms with Gasteiger partial charge in [-0.25, -0.2) is 0 Å². The lowest BCUT2D eigenvalue weighted by molar-refractivity contribution is -0.138. The second-order valence-electron chi connectivity index (χ2n) is 4.24. The number of carboxylic acids is 1. The second kappa shape index (κ2) is 6.35.